The molecule has 0 amide bonds. The number of tetrazole rings is 1. The molecule has 1 aliphatic carbocycles. The molecule has 0 saturated heterocycles. The summed E-state index contributed by atoms with van der Waals surface area (Å²) in [6, 6.07) is 4.52. The summed E-state index contributed by atoms with van der Waals surface area (Å²) < 4.78 is 41.9. The molecule has 1 aliphatic rings. The van der Waals surface area contributed by atoms with Crippen LogP contribution in [0, 0.1) is 0 Å². The van der Waals surface area contributed by atoms with Crippen LogP contribution in [0.3, 0.4) is 0 Å². The highest BCUT2D eigenvalue weighted by atomic mass is 127. The number of aryl methyl sites for hydroxylation is 1. The van der Waals surface area contributed by atoms with Crippen molar-refractivity contribution in [1.82, 2.24) is 19.8 Å². The van der Waals surface area contributed by atoms with Gasteiger partial charge in [-0.25, -0.2) is 4.79 Å². The number of halogens is 4. The Morgan fingerprint density at radius 3 is 2.79 bits per heavy atom. The fourth-order valence-electron chi connectivity index (χ4n) is 2.82. The number of hydrogen-bond acceptors (Lipinski definition) is 5. The highest BCUT2D eigenvalue weighted by molar-refractivity contribution is 14.1. The minimum atomic E-state index is -4.43. The van der Waals surface area contributed by atoms with Crippen LogP contribution in [0.2, 0.25) is 0 Å². The summed E-state index contributed by atoms with van der Waals surface area (Å²) in [4.78, 5) is 17.6. The number of hydrogen-bond donors (Lipinski definition) is 0. The van der Waals surface area contributed by atoms with Crippen molar-refractivity contribution < 1.29 is 18.0 Å². The summed E-state index contributed by atoms with van der Waals surface area (Å²) in [7, 11) is 1.51. The van der Waals surface area contributed by atoms with Crippen molar-refractivity contribution in [2.75, 3.05) is 6.61 Å². The van der Waals surface area contributed by atoms with Crippen molar-refractivity contribution in [2.45, 2.75) is 25.6 Å². The Hall–Kier alpha value is -2.44. The van der Waals surface area contributed by atoms with E-state index in [-0.39, 0.29) is 18.3 Å². The maximum Gasteiger partial charge on any atom is 0.416 e. The molecule has 0 aliphatic heterocycles. The number of aromatic nitrogens is 4. The van der Waals surface area contributed by atoms with Crippen LogP contribution in [0.25, 0.3) is 0 Å². The average molecular weight is 519 g/mol. The zero-order valence-electron chi connectivity index (χ0n) is 15.5. The first-order valence-corrected chi connectivity index (χ1v) is 9.64. The number of oxime groups is 1. The Bertz CT molecular complexity index is 1050. The lowest BCUT2D eigenvalue weighted by Gasteiger charge is -2.21. The van der Waals surface area contributed by atoms with E-state index >= 15 is 0 Å². The second-order valence-electron chi connectivity index (χ2n) is 6.39. The first-order valence-electron chi connectivity index (χ1n) is 8.56. The van der Waals surface area contributed by atoms with Gasteiger partial charge >= 0.3 is 11.9 Å². The van der Waals surface area contributed by atoms with Crippen molar-refractivity contribution in [3.63, 3.8) is 0 Å². The van der Waals surface area contributed by atoms with E-state index < -0.39 is 11.7 Å². The van der Waals surface area contributed by atoms with Crippen LogP contribution in [-0.2, 0) is 18.1 Å². The van der Waals surface area contributed by atoms with Gasteiger partial charge in [0.15, 0.2) is 0 Å². The highest BCUT2D eigenvalue weighted by Gasteiger charge is 2.30. The normalized spacial score (nSPS) is 17.7. The van der Waals surface area contributed by atoms with Crippen molar-refractivity contribution in [3.05, 3.63) is 67.2 Å². The van der Waals surface area contributed by atoms with Gasteiger partial charge in [0, 0.05) is 16.2 Å². The smallest absolute Gasteiger partial charge is 0.391 e. The van der Waals surface area contributed by atoms with E-state index in [1.807, 2.05) is 12.2 Å². The molecule has 2 aromatic rings. The van der Waals surface area contributed by atoms with Gasteiger partial charge < -0.3 is 4.84 Å². The molecule has 0 spiro atoms. The molecule has 0 bridgehead atoms. The third kappa shape index (κ3) is 4.77. The fourth-order valence-corrected chi connectivity index (χ4v) is 3.59. The molecule has 3 rings (SSSR count). The first-order chi connectivity index (χ1) is 13.7. The number of allylic oxidation sites excluding steroid dienone is 3. The van der Waals surface area contributed by atoms with E-state index in [2.05, 4.69) is 38.2 Å². The number of benzene rings is 1. The molecule has 0 fully saturated rings. The Kier molecular flexibility index (Phi) is 6.24. The van der Waals surface area contributed by atoms with Gasteiger partial charge in [-0.05, 0) is 64.1 Å². The summed E-state index contributed by atoms with van der Waals surface area (Å²) in [5.74, 6) is 0. The molecule has 29 heavy (non-hydrogen) atoms. The molecule has 154 valence electrons. The van der Waals surface area contributed by atoms with Crippen LogP contribution in [0.1, 0.15) is 30.5 Å². The Balaban J connectivity index is 1.78. The second-order valence-corrected chi connectivity index (χ2v) is 7.55. The Morgan fingerprint density at radius 1 is 1.38 bits per heavy atom. The zero-order valence-corrected chi connectivity index (χ0v) is 17.7. The third-order valence-corrected chi connectivity index (χ3v) is 5.45. The number of nitrogens with zero attached hydrogens (tertiary/aromatic N) is 5. The molecular formula is C18H17F3IN5O2. The van der Waals surface area contributed by atoms with Crippen LogP contribution >= 0.6 is 22.6 Å². The van der Waals surface area contributed by atoms with Gasteiger partial charge in [-0.2, -0.15) is 22.5 Å². The van der Waals surface area contributed by atoms with E-state index in [9.17, 15) is 18.0 Å². The van der Waals surface area contributed by atoms with Gasteiger partial charge in [0.05, 0.1) is 17.3 Å². The maximum atomic E-state index is 12.9. The Labute approximate surface area is 177 Å². The van der Waals surface area contributed by atoms with Crippen molar-refractivity contribution >= 4 is 28.3 Å². The van der Waals surface area contributed by atoms with E-state index in [4.69, 9.17) is 4.84 Å². The number of alkyl halides is 3. The minimum Gasteiger partial charge on any atom is -0.391 e. The molecule has 1 unspecified atom stereocenters. The predicted molar refractivity (Wildman–Crippen MR) is 109 cm³/mol. The minimum absolute atomic E-state index is 0.0621. The van der Waals surface area contributed by atoms with Gasteiger partial charge in [0.25, 0.3) is 0 Å². The molecule has 1 atom stereocenters. The lowest BCUT2D eigenvalue weighted by Crippen LogP contribution is -2.30. The lowest BCUT2D eigenvalue weighted by atomic mass is 10.00. The largest absolute Gasteiger partial charge is 0.416 e. The van der Waals surface area contributed by atoms with Gasteiger partial charge in [-0.15, -0.1) is 0 Å². The van der Waals surface area contributed by atoms with Crippen molar-refractivity contribution in [1.29, 1.82) is 0 Å². The molecule has 11 heteroatoms. The summed E-state index contributed by atoms with van der Waals surface area (Å²) in [5.41, 5.74) is 0.313. The van der Waals surface area contributed by atoms with Gasteiger partial charge in [0.1, 0.15) is 6.61 Å². The van der Waals surface area contributed by atoms with Crippen LogP contribution in [0.5, 0.6) is 0 Å². The van der Waals surface area contributed by atoms with Crippen molar-refractivity contribution in [3.8, 4) is 0 Å². The predicted octanol–water partition coefficient (Wildman–Crippen LogP) is 3.63. The van der Waals surface area contributed by atoms with Crippen LogP contribution in [0.15, 0.2) is 55.5 Å². The van der Waals surface area contributed by atoms with Crippen LogP contribution < -0.4 is 5.69 Å². The van der Waals surface area contributed by atoms with Gasteiger partial charge in [-0.1, -0.05) is 29.4 Å². The standard InChI is InChI=1S/C18H17F3IN5O2/c1-11(12-5-3-6-13(9-12)18(19,20)21)23-29-10-14-15(22)7-4-8-16(14)27-17(28)26(2)24-25-27/h3-7,9,16H,8,10H2,1-2H3/b23-11+. The molecule has 0 N–H and O–H groups in total. The second kappa shape index (κ2) is 8.51. The highest BCUT2D eigenvalue weighted by Crippen LogP contribution is 2.32. The van der Waals surface area contributed by atoms with Crippen LogP contribution in [0.4, 0.5) is 13.2 Å². The fraction of sp³-hybridized carbons (Fsp3) is 0.333. The van der Waals surface area contributed by atoms with Crippen molar-refractivity contribution in [2.24, 2.45) is 12.2 Å². The summed E-state index contributed by atoms with van der Waals surface area (Å²) >= 11 is 2.13. The summed E-state index contributed by atoms with van der Waals surface area (Å²) in [5, 5.41) is 11.6. The Morgan fingerprint density at radius 2 is 2.14 bits per heavy atom. The van der Waals surface area contributed by atoms with Gasteiger partial charge in [-0.3, -0.25) is 0 Å². The van der Waals surface area contributed by atoms with Gasteiger partial charge in [0.2, 0.25) is 0 Å². The molecule has 1 aromatic carbocycles. The number of rotatable bonds is 5. The summed E-state index contributed by atoms with van der Waals surface area (Å²) in [6.07, 6.45) is -0.0570. The molecule has 7 nitrogen and oxygen atoms in total. The van der Waals surface area contributed by atoms with Crippen LogP contribution in [-0.4, -0.2) is 32.1 Å². The summed E-state index contributed by atoms with van der Waals surface area (Å²) in [6.45, 7) is 1.63. The lowest BCUT2D eigenvalue weighted by molar-refractivity contribution is -0.137. The van der Waals surface area contributed by atoms with E-state index in [0.717, 1.165) is 26.0 Å². The molecule has 1 heterocycles. The average Bonchev–Trinajstić information content (AvgIpc) is 3.01. The maximum absolute atomic E-state index is 12.9. The zero-order chi connectivity index (χ0) is 21.2. The molecule has 0 saturated carbocycles. The first kappa shape index (κ1) is 21.3. The van der Waals surface area contributed by atoms with E-state index in [0.29, 0.717) is 17.7 Å². The SMILES string of the molecule is C/C(=N\OCC1=C(I)C=CCC1n1nnn(C)c1=O)c1cccc(C(F)(F)F)c1. The topological polar surface area (TPSA) is 74.3 Å². The third-order valence-electron chi connectivity index (χ3n) is 4.40. The molecule has 0 radical (unpaired) electrons. The molecular weight excluding hydrogens is 502 g/mol. The van der Waals surface area contributed by atoms with E-state index in [1.54, 1.807) is 6.92 Å². The van der Waals surface area contributed by atoms with E-state index in [1.165, 1.54) is 23.9 Å². The monoisotopic (exact) mass is 519 g/mol. The molecule has 1 aromatic heterocycles. The quantitative estimate of drug-likeness (QED) is 0.344.